The van der Waals surface area contributed by atoms with Crippen molar-refractivity contribution in [2.75, 3.05) is 0 Å². The first-order valence-electron chi connectivity index (χ1n) is 5.87. The Morgan fingerprint density at radius 1 is 1.40 bits per heavy atom. The van der Waals surface area contributed by atoms with Crippen LogP contribution in [0.15, 0.2) is 35.5 Å². The maximum atomic E-state index is 10.0. The lowest BCUT2D eigenvalue weighted by Gasteiger charge is -2.55. The normalized spacial score (nSPS) is 40.9. The molecular formula is C14H18O. The van der Waals surface area contributed by atoms with Gasteiger partial charge in [-0.3, -0.25) is 0 Å². The highest BCUT2D eigenvalue weighted by molar-refractivity contribution is 5.43. The van der Waals surface area contributed by atoms with Crippen molar-refractivity contribution in [2.45, 2.75) is 32.8 Å². The fourth-order valence-corrected chi connectivity index (χ4v) is 3.33. The molecule has 3 atom stereocenters. The van der Waals surface area contributed by atoms with Gasteiger partial charge in [0.1, 0.15) is 0 Å². The van der Waals surface area contributed by atoms with Crippen molar-refractivity contribution in [3.8, 4) is 0 Å². The van der Waals surface area contributed by atoms with Gasteiger partial charge in [-0.05, 0) is 35.8 Å². The lowest BCUT2D eigenvalue weighted by atomic mass is 9.51. The standard InChI is InChI=1S/C14H18O/c1-14(2)12-8-10-6-4-3-5-9(10)7-11(12)13(14)15/h3-5,7,10,12-13,15H,6,8H2,1-2H3/t10?,12?,13-/m0/s1. The quantitative estimate of drug-likeness (QED) is 0.640. The molecule has 3 aliphatic carbocycles. The van der Waals surface area contributed by atoms with Crippen molar-refractivity contribution in [3.05, 3.63) is 35.5 Å². The van der Waals surface area contributed by atoms with Crippen LogP contribution >= 0.6 is 0 Å². The van der Waals surface area contributed by atoms with E-state index in [4.69, 9.17) is 0 Å². The molecule has 0 aromatic heterocycles. The minimum absolute atomic E-state index is 0.0958. The molecular weight excluding hydrogens is 184 g/mol. The molecule has 2 unspecified atom stereocenters. The SMILES string of the molecule is CC1(C)C2CC3CC=CC=C3C=C2[C@@H]1O. The zero-order valence-corrected chi connectivity index (χ0v) is 9.40. The van der Waals surface area contributed by atoms with Crippen LogP contribution in [0.25, 0.3) is 0 Å². The Hall–Kier alpha value is -0.820. The average Bonchev–Trinajstić information content (AvgIpc) is 2.27. The number of allylic oxidation sites excluding steroid dienone is 5. The van der Waals surface area contributed by atoms with Gasteiger partial charge in [0.15, 0.2) is 0 Å². The van der Waals surface area contributed by atoms with Gasteiger partial charge >= 0.3 is 0 Å². The molecule has 0 aliphatic heterocycles. The van der Waals surface area contributed by atoms with E-state index < -0.39 is 0 Å². The highest BCUT2D eigenvalue weighted by Gasteiger charge is 2.53. The van der Waals surface area contributed by atoms with Crippen molar-refractivity contribution in [3.63, 3.8) is 0 Å². The van der Waals surface area contributed by atoms with E-state index in [-0.39, 0.29) is 11.5 Å². The van der Waals surface area contributed by atoms with E-state index in [1.807, 2.05) is 0 Å². The van der Waals surface area contributed by atoms with E-state index in [1.54, 1.807) is 0 Å². The minimum atomic E-state index is -0.213. The molecule has 1 nitrogen and oxygen atoms in total. The molecule has 0 radical (unpaired) electrons. The lowest BCUT2D eigenvalue weighted by Crippen LogP contribution is -2.53. The van der Waals surface area contributed by atoms with Crippen LogP contribution in [-0.4, -0.2) is 11.2 Å². The van der Waals surface area contributed by atoms with Crippen LogP contribution in [-0.2, 0) is 0 Å². The highest BCUT2D eigenvalue weighted by atomic mass is 16.3. The molecule has 0 heterocycles. The van der Waals surface area contributed by atoms with Gasteiger partial charge in [-0.2, -0.15) is 0 Å². The van der Waals surface area contributed by atoms with Crippen LogP contribution < -0.4 is 0 Å². The Bertz CT molecular complexity index is 384. The number of hydrogen-bond donors (Lipinski definition) is 1. The van der Waals surface area contributed by atoms with Gasteiger partial charge in [-0.15, -0.1) is 0 Å². The van der Waals surface area contributed by atoms with E-state index in [9.17, 15) is 5.11 Å². The molecule has 1 fully saturated rings. The van der Waals surface area contributed by atoms with Gasteiger partial charge in [0.05, 0.1) is 6.10 Å². The maximum Gasteiger partial charge on any atom is 0.0812 e. The zero-order chi connectivity index (χ0) is 10.6. The fraction of sp³-hybridized carbons (Fsp3) is 0.571. The van der Waals surface area contributed by atoms with E-state index in [1.165, 1.54) is 24.0 Å². The largest absolute Gasteiger partial charge is 0.388 e. The van der Waals surface area contributed by atoms with Crippen molar-refractivity contribution in [2.24, 2.45) is 17.3 Å². The summed E-state index contributed by atoms with van der Waals surface area (Å²) in [5, 5.41) is 10.0. The molecule has 1 saturated carbocycles. The molecule has 3 aliphatic rings. The van der Waals surface area contributed by atoms with Crippen LogP contribution in [0.3, 0.4) is 0 Å². The summed E-state index contributed by atoms with van der Waals surface area (Å²) in [6, 6.07) is 0. The number of aliphatic hydroxyl groups is 1. The molecule has 0 saturated heterocycles. The third kappa shape index (κ3) is 1.13. The molecule has 0 bridgehead atoms. The summed E-state index contributed by atoms with van der Waals surface area (Å²) in [7, 11) is 0. The summed E-state index contributed by atoms with van der Waals surface area (Å²) < 4.78 is 0. The second-order valence-corrected chi connectivity index (χ2v) is 5.68. The first-order chi connectivity index (χ1) is 7.10. The number of rotatable bonds is 0. The topological polar surface area (TPSA) is 20.2 Å². The number of aliphatic hydroxyl groups excluding tert-OH is 1. The number of fused-ring (bicyclic) bond motifs is 2. The highest BCUT2D eigenvalue weighted by Crippen LogP contribution is 2.57. The first kappa shape index (κ1) is 9.41. The molecule has 3 rings (SSSR count). The molecule has 80 valence electrons. The van der Waals surface area contributed by atoms with Crippen LogP contribution in [0.4, 0.5) is 0 Å². The summed E-state index contributed by atoms with van der Waals surface area (Å²) >= 11 is 0. The zero-order valence-electron chi connectivity index (χ0n) is 9.40. The Morgan fingerprint density at radius 3 is 3.00 bits per heavy atom. The maximum absolute atomic E-state index is 10.0. The van der Waals surface area contributed by atoms with Gasteiger partial charge in [0, 0.05) is 5.41 Å². The van der Waals surface area contributed by atoms with Crippen LogP contribution in [0, 0.1) is 17.3 Å². The predicted molar refractivity (Wildman–Crippen MR) is 61.3 cm³/mol. The van der Waals surface area contributed by atoms with Gasteiger partial charge in [0.2, 0.25) is 0 Å². The van der Waals surface area contributed by atoms with Crippen LogP contribution in [0.2, 0.25) is 0 Å². The molecule has 0 aromatic rings. The minimum Gasteiger partial charge on any atom is -0.388 e. The Morgan fingerprint density at radius 2 is 2.20 bits per heavy atom. The van der Waals surface area contributed by atoms with Crippen molar-refractivity contribution < 1.29 is 5.11 Å². The summed E-state index contributed by atoms with van der Waals surface area (Å²) in [6.07, 6.45) is 11.0. The monoisotopic (exact) mass is 202 g/mol. The van der Waals surface area contributed by atoms with Crippen LogP contribution in [0.1, 0.15) is 26.7 Å². The predicted octanol–water partition coefficient (Wildman–Crippen LogP) is 2.84. The molecule has 1 heteroatoms. The molecule has 0 aromatic carbocycles. The second-order valence-electron chi connectivity index (χ2n) is 5.68. The van der Waals surface area contributed by atoms with Crippen molar-refractivity contribution >= 4 is 0 Å². The smallest absolute Gasteiger partial charge is 0.0812 e. The summed E-state index contributed by atoms with van der Waals surface area (Å²) in [4.78, 5) is 0. The molecule has 0 spiro atoms. The van der Waals surface area contributed by atoms with Crippen LogP contribution in [0.5, 0.6) is 0 Å². The molecule has 1 N–H and O–H groups in total. The Balaban J connectivity index is 1.98. The Kier molecular flexibility index (Phi) is 1.79. The van der Waals surface area contributed by atoms with Gasteiger partial charge < -0.3 is 5.11 Å². The van der Waals surface area contributed by atoms with Gasteiger partial charge in [-0.1, -0.05) is 38.2 Å². The van der Waals surface area contributed by atoms with Crippen molar-refractivity contribution in [1.29, 1.82) is 0 Å². The first-order valence-corrected chi connectivity index (χ1v) is 5.87. The Labute approximate surface area is 91.2 Å². The third-order valence-electron chi connectivity index (χ3n) is 4.49. The molecule has 0 amide bonds. The lowest BCUT2D eigenvalue weighted by molar-refractivity contribution is -0.0435. The summed E-state index contributed by atoms with van der Waals surface area (Å²) in [6.45, 7) is 4.38. The number of hydrogen-bond acceptors (Lipinski definition) is 1. The molecule has 15 heavy (non-hydrogen) atoms. The van der Waals surface area contributed by atoms with Gasteiger partial charge in [-0.25, -0.2) is 0 Å². The fourth-order valence-electron chi connectivity index (χ4n) is 3.33. The average molecular weight is 202 g/mol. The third-order valence-corrected chi connectivity index (χ3v) is 4.49. The van der Waals surface area contributed by atoms with Crippen molar-refractivity contribution in [1.82, 2.24) is 0 Å². The van der Waals surface area contributed by atoms with Gasteiger partial charge in [0.25, 0.3) is 0 Å². The second kappa shape index (κ2) is 2.85. The van der Waals surface area contributed by atoms with E-state index in [0.29, 0.717) is 11.8 Å². The summed E-state index contributed by atoms with van der Waals surface area (Å²) in [5.41, 5.74) is 2.80. The van der Waals surface area contributed by atoms with E-state index in [0.717, 1.165) is 0 Å². The summed E-state index contributed by atoms with van der Waals surface area (Å²) in [5.74, 6) is 1.32. The van der Waals surface area contributed by atoms with E-state index in [2.05, 4.69) is 38.2 Å². The van der Waals surface area contributed by atoms with E-state index >= 15 is 0 Å².